The zero-order valence-electron chi connectivity index (χ0n) is 13.4. The highest BCUT2D eigenvalue weighted by molar-refractivity contribution is 5.61. The molecule has 0 spiro atoms. The third-order valence-corrected chi connectivity index (χ3v) is 3.46. The maximum absolute atomic E-state index is 12.2. The van der Waals surface area contributed by atoms with Crippen LogP contribution in [0, 0.1) is 11.8 Å². The van der Waals surface area contributed by atoms with Crippen LogP contribution in [0.3, 0.4) is 0 Å². The van der Waals surface area contributed by atoms with Crippen LogP contribution in [0.2, 0.25) is 0 Å². The summed E-state index contributed by atoms with van der Waals surface area (Å²) in [6, 6.07) is -0.301. The van der Waals surface area contributed by atoms with Crippen LogP contribution in [0.4, 0.5) is 11.5 Å². The summed E-state index contributed by atoms with van der Waals surface area (Å²) in [5.41, 5.74) is 5.28. The molecule has 1 heterocycles. The molecule has 1 rings (SSSR count). The van der Waals surface area contributed by atoms with Crippen LogP contribution < -0.4 is 22.3 Å². The molecule has 0 saturated heterocycles. The maximum atomic E-state index is 12.2. The van der Waals surface area contributed by atoms with Gasteiger partial charge < -0.3 is 16.2 Å². The molecule has 0 aliphatic carbocycles. The molecule has 21 heavy (non-hydrogen) atoms. The number of nitrogen functional groups attached to an aromatic ring is 1. The van der Waals surface area contributed by atoms with E-state index in [1.54, 1.807) is 0 Å². The number of aromatic nitrogens is 2. The predicted molar refractivity (Wildman–Crippen MR) is 84.5 cm³/mol. The van der Waals surface area contributed by atoms with E-state index >= 15 is 0 Å². The number of nitrogens with zero attached hydrogens (tertiary/aromatic N) is 2. The molecule has 0 aromatic carbocycles. The van der Waals surface area contributed by atoms with E-state index in [2.05, 4.69) is 5.32 Å². The first-order valence-corrected chi connectivity index (χ1v) is 7.17. The van der Waals surface area contributed by atoms with Crippen molar-refractivity contribution in [2.75, 3.05) is 17.7 Å². The fourth-order valence-corrected chi connectivity index (χ4v) is 2.07. The van der Waals surface area contributed by atoms with E-state index in [-0.39, 0.29) is 36.0 Å². The SMILES string of the molecule is CC(C)Cn1c(N)c(N[C@H](CO)C(C)C)c(=O)n(C)c1=O. The van der Waals surface area contributed by atoms with Gasteiger partial charge in [0.15, 0.2) is 0 Å². The Hall–Kier alpha value is -1.76. The standard InChI is InChI=1S/C14H26N4O3/c1-8(2)6-18-12(15)11(13(20)17(5)14(18)21)16-10(7-19)9(3)4/h8-10,16,19H,6-7,15H2,1-5H3/t10-/m1/s1. The van der Waals surface area contributed by atoms with Gasteiger partial charge in [0.05, 0.1) is 12.6 Å². The largest absolute Gasteiger partial charge is 0.394 e. The first-order valence-electron chi connectivity index (χ1n) is 7.17. The van der Waals surface area contributed by atoms with Gasteiger partial charge in [-0.15, -0.1) is 0 Å². The summed E-state index contributed by atoms with van der Waals surface area (Å²) in [6.07, 6.45) is 0. The molecule has 0 bridgehead atoms. The number of nitrogens with one attached hydrogen (secondary N) is 1. The number of anilines is 2. The summed E-state index contributed by atoms with van der Waals surface area (Å²) >= 11 is 0. The number of aliphatic hydroxyl groups is 1. The fraction of sp³-hybridized carbons (Fsp3) is 0.714. The van der Waals surface area contributed by atoms with E-state index in [4.69, 9.17) is 5.73 Å². The Morgan fingerprint density at radius 2 is 1.81 bits per heavy atom. The highest BCUT2D eigenvalue weighted by atomic mass is 16.3. The summed E-state index contributed by atoms with van der Waals surface area (Å²) in [6.45, 7) is 8.10. The van der Waals surface area contributed by atoms with Crippen LogP contribution in [0.15, 0.2) is 9.59 Å². The van der Waals surface area contributed by atoms with Crippen molar-refractivity contribution >= 4 is 11.5 Å². The van der Waals surface area contributed by atoms with Gasteiger partial charge in [0.1, 0.15) is 11.5 Å². The molecule has 4 N–H and O–H groups in total. The Morgan fingerprint density at radius 3 is 2.24 bits per heavy atom. The molecule has 1 aromatic heterocycles. The Bertz CT molecular complexity index is 601. The molecule has 0 aliphatic heterocycles. The van der Waals surface area contributed by atoms with Crippen LogP contribution in [-0.2, 0) is 13.6 Å². The van der Waals surface area contributed by atoms with Crippen LogP contribution in [0.1, 0.15) is 27.7 Å². The van der Waals surface area contributed by atoms with Gasteiger partial charge in [-0.05, 0) is 11.8 Å². The van der Waals surface area contributed by atoms with Gasteiger partial charge in [0.25, 0.3) is 5.56 Å². The Morgan fingerprint density at radius 1 is 1.24 bits per heavy atom. The minimum absolute atomic E-state index is 0.115. The van der Waals surface area contributed by atoms with E-state index in [1.807, 2.05) is 27.7 Å². The first-order chi connectivity index (χ1) is 9.70. The molecular formula is C14H26N4O3. The predicted octanol–water partition coefficient (Wildman–Crippen LogP) is 0.214. The monoisotopic (exact) mass is 298 g/mol. The normalized spacial score (nSPS) is 13.0. The van der Waals surface area contributed by atoms with E-state index < -0.39 is 11.2 Å². The average molecular weight is 298 g/mol. The van der Waals surface area contributed by atoms with Crippen LogP contribution in [0.25, 0.3) is 0 Å². The minimum Gasteiger partial charge on any atom is -0.394 e. The zero-order chi connectivity index (χ0) is 16.3. The van der Waals surface area contributed by atoms with Gasteiger partial charge in [-0.2, -0.15) is 0 Å². The summed E-state index contributed by atoms with van der Waals surface area (Å²) in [5.74, 6) is 0.453. The lowest BCUT2D eigenvalue weighted by Gasteiger charge is -2.23. The summed E-state index contributed by atoms with van der Waals surface area (Å²) in [4.78, 5) is 24.4. The third-order valence-electron chi connectivity index (χ3n) is 3.46. The maximum Gasteiger partial charge on any atom is 0.332 e. The average Bonchev–Trinajstić information content (AvgIpc) is 2.41. The Labute approximate surface area is 124 Å². The Balaban J connectivity index is 3.42. The summed E-state index contributed by atoms with van der Waals surface area (Å²) < 4.78 is 2.43. The second-order valence-corrected chi connectivity index (χ2v) is 6.09. The van der Waals surface area contributed by atoms with Crippen molar-refractivity contribution in [3.8, 4) is 0 Å². The van der Waals surface area contributed by atoms with E-state index in [1.165, 1.54) is 11.6 Å². The third kappa shape index (κ3) is 3.66. The molecule has 7 nitrogen and oxygen atoms in total. The second kappa shape index (κ2) is 6.80. The summed E-state index contributed by atoms with van der Waals surface area (Å²) in [5, 5.41) is 12.4. The van der Waals surface area contributed by atoms with Crippen molar-refractivity contribution in [3.05, 3.63) is 20.8 Å². The molecule has 1 aromatic rings. The molecule has 1 atom stereocenters. The van der Waals surface area contributed by atoms with Gasteiger partial charge in [0, 0.05) is 13.6 Å². The topological polar surface area (TPSA) is 102 Å². The molecule has 7 heteroatoms. The number of hydrogen-bond donors (Lipinski definition) is 3. The number of rotatable bonds is 6. The lowest BCUT2D eigenvalue weighted by Crippen LogP contribution is -2.43. The highest BCUT2D eigenvalue weighted by Gasteiger charge is 2.20. The Kier molecular flexibility index (Phi) is 5.60. The van der Waals surface area contributed by atoms with Gasteiger partial charge in [-0.3, -0.25) is 13.9 Å². The van der Waals surface area contributed by atoms with Crippen molar-refractivity contribution < 1.29 is 5.11 Å². The lowest BCUT2D eigenvalue weighted by atomic mass is 10.1. The molecule has 0 unspecified atom stereocenters. The van der Waals surface area contributed by atoms with Crippen LogP contribution >= 0.6 is 0 Å². The molecule has 0 fully saturated rings. The van der Waals surface area contributed by atoms with Crippen molar-refractivity contribution in [2.24, 2.45) is 18.9 Å². The molecule has 0 amide bonds. The van der Waals surface area contributed by atoms with E-state index in [9.17, 15) is 14.7 Å². The molecule has 120 valence electrons. The van der Waals surface area contributed by atoms with Gasteiger partial charge >= 0.3 is 5.69 Å². The first kappa shape index (κ1) is 17.3. The molecular weight excluding hydrogens is 272 g/mol. The smallest absolute Gasteiger partial charge is 0.332 e. The molecule has 0 radical (unpaired) electrons. The van der Waals surface area contributed by atoms with Gasteiger partial charge in [-0.25, -0.2) is 4.79 Å². The lowest BCUT2D eigenvalue weighted by molar-refractivity contribution is 0.249. The quantitative estimate of drug-likeness (QED) is 0.697. The highest BCUT2D eigenvalue weighted by Crippen LogP contribution is 2.16. The van der Waals surface area contributed by atoms with Crippen LogP contribution in [0.5, 0.6) is 0 Å². The fourth-order valence-electron chi connectivity index (χ4n) is 2.07. The van der Waals surface area contributed by atoms with Crippen LogP contribution in [-0.4, -0.2) is 26.9 Å². The van der Waals surface area contributed by atoms with Crippen molar-refractivity contribution in [1.29, 1.82) is 0 Å². The van der Waals surface area contributed by atoms with Gasteiger partial charge in [0.2, 0.25) is 0 Å². The summed E-state index contributed by atoms with van der Waals surface area (Å²) in [7, 11) is 1.43. The zero-order valence-corrected chi connectivity index (χ0v) is 13.4. The number of aliphatic hydroxyl groups excluding tert-OH is 1. The second-order valence-electron chi connectivity index (χ2n) is 6.09. The van der Waals surface area contributed by atoms with Gasteiger partial charge in [-0.1, -0.05) is 27.7 Å². The number of nitrogens with two attached hydrogens (primary N) is 1. The number of hydrogen-bond acceptors (Lipinski definition) is 5. The van der Waals surface area contributed by atoms with E-state index in [0.717, 1.165) is 4.57 Å². The van der Waals surface area contributed by atoms with E-state index in [0.29, 0.717) is 6.54 Å². The van der Waals surface area contributed by atoms with Crippen molar-refractivity contribution in [1.82, 2.24) is 9.13 Å². The molecule has 0 saturated carbocycles. The molecule has 0 aliphatic rings. The van der Waals surface area contributed by atoms with Crippen molar-refractivity contribution in [2.45, 2.75) is 40.3 Å². The minimum atomic E-state index is -0.475. The van der Waals surface area contributed by atoms with Crippen molar-refractivity contribution in [3.63, 3.8) is 0 Å².